The van der Waals surface area contributed by atoms with Crippen molar-refractivity contribution in [3.8, 4) is 63.6 Å². The predicted octanol–water partition coefficient (Wildman–Crippen LogP) is 19.8. The zero-order chi connectivity index (χ0) is 88.0. The number of carbonyl (C=O) groups excluding carboxylic acids is 5. The molecule has 124 heavy (non-hydrogen) atoms. The van der Waals surface area contributed by atoms with Gasteiger partial charge in [0.05, 0.1) is 127 Å². The summed E-state index contributed by atoms with van der Waals surface area (Å²) >= 11 is 17.0. The van der Waals surface area contributed by atoms with Crippen molar-refractivity contribution in [1.29, 1.82) is 5.26 Å². The molecule has 0 bridgehead atoms. The van der Waals surface area contributed by atoms with Gasteiger partial charge in [0.25, 0.3) is 0 Å². The Hall–Kier alpha value is -14.7. The second-order valence-corrected chi connectivity index (χ2v) is 29.8. The number of hydrogen-bond donors (Lipinski definition) is 0. The van der Waals surface area contributed by atoms with Crippen LogP contribution in [-0.2, 0) is 38.5 Å². The summed E-state index contributed by atoms with van der Waals surface area (Å²) in [7, 11) is 0. The van der Waals surface area contributed by atoms with Crippen molar-refractivity contribution < 1.29 is 65.2 Å². The van der Waals surface area contributed by atoms with Crippen LogP contribution in [0.4, 0.5) is 17.6 Å². The van der Waals surface area contributed by atoms with Crippen LogP contribution in [0.1, 0.15) is 120 Å². The number of hydrogen-bond acceptors (Lipinski definition) is 27. The molecule has 0 aliphatic heterocycles. The molecule has 15 rings (SSSR count). The van der Waals surface area contributed by atoms with Crippen molar-refractivity contribution in [3.63, 3.8) is 0 Å². The molecule has 0 saturated carbocycles. The Kier molecular flexibility index (Phi) is 32.4. The molecule has 0 saturated heterocycles. The summed E-state index contributed by atoms with van der Waals surface area (Å²) in [5.74, 6) is 0.243. The number of aryl methyl sites for hydroxylation is 5. The van der Waals surface area contributed by atoms with E-state index in [9.17, 15) is 46.8 Å². The molecule has 26 nitrogen and oxygen atoms in total. The Labute approximate surface area is 728 Å². The van der Waals surface area contributed by atoms with E-state index in [1.807, 2.05) is 44.2 Å². The van der Waals surface area contributed by atoms with Gasteiger partial charge in [-0.25, -0.2) is 72.4 Å². The first kappa shape index (κ1) is 90.1. The number of Topliss-reactive ketones (excluding diaryl/α,β-unsaturated/α-hetero) is 5. The average Bonchev–Trinajstić information content (AvgIpc) is 1.11. The van der Waals surface area contributed by atoms with Crippen molar-refractivity contribution in [3.05, 3.63) is 372 Å². The van der Waals surface area contributed by atoms with Crippen molar-refractivity contribution in [2.45, 2.75) is 73.1 Å². The van der Waals surface area contributed by atoms with Crippen LogP contribution in [0, 0.1) is 62.3 Å². The van der Waals surface area contributed by atoms with Gasteiger partial charge in [-0.1, -0.05) is 36.2 Å². The Bertz CT molecular complexity index is 6310. The van der Waals surface area contributed by atoms with E-state index in [0.717, 1.165) is 45.0 Å². The summed E-state index contributed by atoms with van der Waals surface area (Å²) in [6.07, 6.45) is 27.3. The number of halogens is 7. The summed E-state index contributed by atoms with van der Waals surface area (Å²) < 4.78 is 83.8. The maximum Gasteiger partial charge on any atom is 0.169 e. The Balaban J connectivity index is 0.000000151. The number of carbonyl (C=O) groups is 5. The fourth-order valence-electron chi connectivity index (χ4n) is 11.1. The first-order valence-electron chi connectivity index (χ1n) is 37.1. The third-order valence-corrected chi connectivity index (χ3v) is 19.3. The largest absolute Gasteiger partial charge is 0.454 e. The van der Waals surface area contributed by atoms with E-state index in [1.165, 1.54) is 160 Å². The third-order valence-electron chi connectivity index (χ3n) is 16.8. The number of thiazole rings is 1. The van der Waals surface area contributed by atoms with E-state index in [2.05, 4.69) is 97.6 Å². The molecule has 0 aliphatic carbocycles. The lowest BCUT2D eigenvalue weighted by Crippen LogP contribution is -2.08. The van der Waals surface area contributed by atoms with Crippen LogP contribution in [0.3, 0.4) is 0 Å². The van der Waals surface area contributed by atoms with Gasteiger partial charge in [0, 0.05) is 91.2 Å². The molecule has 0 N–H and O–H groups in total. The molecule has 34 heteroatoms. The van der Waals surface area contributed by atoms with E-state index in [0.29, 0.717) is 106 Å². The zero-order valence-electron chi connectivity index (χ0n) is 66.1. The highest BCUT2D eigenvalue weighted by Gasteiger charge is 2.21. The molecule has 0 fully saturated rings. The summed E-state index contributed by atoms with van der Waals surface area (Å²) in [5.41, 5.74) is 7.56. The van der Waals surface area contributed by atoms with Crippen LogP contribution < -0.4 is 23.7 Å². The molecule has 0 radical (unpaired) electrons. The van der Waals surface area contributed by atoms with Crippen LogP contribution in [-0.4, -0.2) is 104 Å². The van der Waals surface area contributed by atoms with Gasteiger partial charge in [-0.15, -0.1) is 11.3 Å². The fraction of sp³-hybridized carbons (Fsp3) is 0.122. The number of nitrogens with zero attached hydrogens (tertiary/aromatic N) is 16. The second kappa shape index (κ2) is 44.6. The maximum absolute atomic E-state index is 13.8. The highest BCUT2D eigenvalue weighted by molar-refractivity contribution is 9.11. The molecule has 0 spiro atoms. The zero-order valence-corrected chi connectivity index (χ0v) is 70.0. The lowest BCUT2D eigenvalue weighted by molar-refractivity contribution is 0.0982. The molecule has 15 aromatic rings. The molecule has 10 heterocycles. The number of nitriles is 1. The molecular weight excluding hydrogens is 1720 g/mol. The van der Waals surface area contributed by atoms with Gasteiger partial charge in [-0.05, 0) is 176 Å². The molecule has 0 aliphatic rings. The minimum absolute atomic E-state index is 0.0128. The van der Waals surface area contributed by atoms with Crippen LogP contribution >= 0.6 is 50.5 Å². The highest BCUT2D eigenvalue weighted by Crippen LogP contribution is 2.32. The Morgan fingerprint density at radius 1 is 0.411 bits per heavy atom. The van der Waals surface area contributed by atoms with E-state index in [4.69, 9.17) is 46.9 Å². The molecule has 10 aromatic heterocycles. The van der Waals surface area contributed by atoms with Gasteiger partial charge in [-0.2, -0.15) is 5.26 Å². The quantitative estimate of drug-likeness (QED) is 0.0359. The van der Waals surface area contributed by atoms with Gasteiger partial charge in [0.1, 0.15) is 88.7 Å². The number of ketones is 5. The normalized spacial score (nSPS) is 10.4. The van der Waals surface area contributed by atoms with E-state index < -0.39 is 29.1 Å². The van der Waals surface area contributed by atoms with E-state index in [1.54, 1.807) is 74.6 Å². The Morgan fingerprint density at radius 3 is 1.24 bits per heavy atom. The summed E-state index contributed by atoms with van der Waals surface area (Å²) in [4.78, 5) is 122. The van der Waals surface area contributed by atoms with Gasteiger partial charge in [0.15, 0.2) is 57.7 Å². The minimum Gasteiger partial charge on any atom is -0.454 e. The average molecular weight is 1790 g/mol. The number of rotatable bonds is 26. The monoisotopic (exact) mass is 1790 g/mol. The molecule has 5 aromatic carbocycles. The number of pyridine rings is 4. The third kappa shape index (κ3) is 28.2. The minimum atomic E-state index is -0.643. The molecule has 0 unspecified atom stereocenters. The molecule has 0 amide bonds. The predicted molar refractivity (Wildman–Crippen MR) is 453 cm³/mol. The lowest BCUT2D eigenvalue weighted by atomic mass is 10.0. The van der Waals surface area contributed by atoms with Crippen LogP contribution in [0.25, 0.3) is 0 Å². The van der Waals surface area contributed by atoms with Crippen LogP contribution in [0.15, 0.2) is 249 Å². The highest BCUT2D eigenvalue weighted by atomic mass is 79.9. The number of aromatic nitrogens is 15. The van der Waals surface area contributed by atoms with Crippen molar-refractivity contribution in [1.82, 2.24) is 74.8 Å². The molecular formula is C90H67BrCl2F4N16O10S. The Morgan fingerprint density at radius 2 is 0.823 bits per heavy atom. The first-order valence-corrected chi connectivity index (χ1v) is 39.5. The standard InChI is InChI=1S/C19H16ClN3O2.C19H14N4O2.C18H13ClFN3O2.C18H13F2N3O2.C16H11BrFN3O2S/c1-2-13-3-4-23-16(5-13)9-19(24)14-6-15(20)8-17(7-14)25-18-10-21-12-22-11-18;1-13-3-2-4-16(23-13)8-19(24)15-5-14(9-20)6-17(7-15)25-18-10-21-12-22-11-18;1-11-7-23-14(5-17(11)20)6-18(24)12-2-13(19)4-15(3-12)25-16-8-21-10-22-9-16;1-11-2-16(20)17(23-7-11)6-18(24)12-3-13(19)5-14(4-12)25-15-8-21-10-22-9-15;1-9-16(17)24-15(21-9)5-14(22)10-2-11(18)4-12(3-10)23-13-6-19-8-20-7-13/h3-8,10-12H,2,9H2,1H3;2-7,10-12H,8H2,1H3;2*2-5,7-10H,6H2,1H3;2-4,6-8H,5H2,1H3. The summed E-state index contributed by atoms with van der Waals surface area (Å²) in [6, 6.07) is 35.8. The second-order valence-electron chi connectivity index (χ2n) is 26.6. The van der Waals surface area contributed by atoms with Crippen molar-refractivity contribution in [2.75, 3.05) is 0 Å². The SMILES string of the molecule is CCc1ccnc(CC(=O)c2cc(Cl)cc(Oc3cncnc3)c2)c1.Cc1cccc(CC(=O)c2cc(C#N)cc(Oc3cncnc3)c2)n1.Cc1cnc(CC(=O)c2cc(Cl)cc(Oc3cncnc3)c2)cc1F.Cc1cnc(CC(=O)c2cc(F)cc(Oc3cncnc3)c2)c(F)c1.Cc1nc(CC(=O)c2cc(F)cc(Oc3cncnc3)c2)sc1Br. The number of benzene rings is 5. The number of ether oxygens (including phenoxy) is 5. The van der Waals surface area contributed by atoms with Gasteiger partial charge in [0.2, 0.25) is 0 Å². The van der Waals surface area contributed by atoms with Crippen molar-refractivity contribution >= 4 is 79.4 Å². The molecule has 0 atom stereocenters. The van der Waals surface area contributed by atoms with Crippen LogP contribution in [0.5, 0.6) is 57.5 Å². The maximum atomic E-state index is 13.8. The van der Waals surface area contributed by atoms with Gasteiger partial charge < -0.3 is 23.7 Å². The van der Waals surface area contributed by atoms with Crippen LogP contribution in [0.2, 0.25) is 10.0 Å². The van der Waals surface area contributed by atoms with E-state index in [-0.39, 0.29) is 83.6 Å². The first-order chi connectivity index (χ1) is 59.8. The van der Waals surface area contributed by atoms with Crippen molar-refractivity contribution in [2.24, 2.45) is 0 Å². The lowest BCUT2D eigenvalue weighted by Gasteiger charge is -2.08. The summed E-state index contributed by atoms with van der Waals surface area (Å²) in [6.45, 7) is 9.10. The van der Waals surface area contributed by atoms with Gasteiger partial charge >= 0.3 is 0 Å². The topological polar surface area (TPSA) is 349 Å². The van der Waals surface area contributed by atoms with Gasteiger partial charge in [-0.3, -0.25) is 43.9 Å². The summed E-state index contributed by atoms with van der Waals surface area (Å²) in [5, 5.41) is 10.7. The fourth-order valence-corrected chi connectivity index (χ4v) is 12.9. The molecule has 622 valence electrons. The smallest absolute Gasteiger partial charge is 0.169 e. The van der Waals surface area contributed by atoms with E-state index >= 15 is 0 Å².